The van der Waals surface area contributed by atoms with Gasteiger partial charge in [-0.1, -0.05) is 23.7 Å². The lowest BCUT2D eigenvalue weighted by Crippen LogP contribution is -2.23. The van der Waals surface area contributed by atoms with Gasteiger partial charge in [-0.25, -0.2) is 4.79 Å². The van der Waals surface area contributed by atoms with E-state index in [0.717, 1.165) is 17.0 Å². The van der Waals surface area contributed by atoms with E-state index in [4.69, 9.17) is 21.1 Å². The van der Waals surface area contributed by atoms with Gasteiger partial charge in [0.15, 0.2) is 6.04 Å². The summed E-state index contributed by atoms with van der Waals surface area (Å²) in [5.41, 5.74) is 1.54. The molecule has 0 aliphatic carbocycles. The van der Waals surface area contributed by atoms with Gasteiger partial charge < -0.3 is 14.8 Å². The molecule has 116 valence electrons. The molecule has 0 saturated carbocycles. The third-order valence-corrected chi connectivity index (χ3v) is 3.34. The van der Waals surface area contributed by atoms with E-state index in [0.29, 0.717) is 11.6 Å². The summed E-state index contributed by atoms with van der Waals surface area (Å²) in [4.78, 5) is 12.2. The maximum Gasteiger partial charge on any atom is 0.333 e. The monoisotopic (exact) mass is 319 g/mol. The third kappa shape index (κ3) is 4.15. The molecule has 2 aromatic carbocycles. The largest absolute Gasteiger partial charge is 0.497 e. The summed E-state index contributed by atoms with van der Waals surface area (Å²) in [7, 11) is 1.61. The number of hydrogen-bond donors (Lipinski definition) is 1. The maximum absolute atomic E-state index is 12.2. The molecular formula is C17H18ClNO3. The molecule has 0 radical (unpaired) electrons. The second-order valence-electron chi connectivity index (χ2n) is 4.61. The zero-order chi connectivity index (χ0) is 15.9. The van der Waals surface area contributed by atoms with Gasteiger partial charge in [0.2, 0.25) is 0 Å². The Hall–Kier alpha value is -2.20. The van der Waals surface area contributed by atoms with Gasteiger partial charge in [0, 0.05) is 10.7 Å². The molecule has 0 heterocycles. The lowest BCUT2D eigenvalue weighted by atomic mass is 10.1. The van der Waals surface area contributed by atoms with Crippen LogP contribution in [-0.4, -0.2) is 19.7 Å². The number of methoxy groups -OCH3 is 1. The minimum absolute atomic E-state index is 0.320. The Kier molecular flexibility index (Phi) is 5.67. The fourth-order valence-electron chi connectivity index (χ4n) is 2.04. The average molecular weight is 320 g/mol. The van der Waals surface area contributed by atoms with Crippen LogP contribution in [0.5, 0.6) is 5.75 Å². The summed E-state index contributed by atoms with van der Waals surface area (Å²) >= 11 is 6.02. The van der Waals surface area contributed by atoms with Gasteiger partial charge in [0.1, 0.15) is 5.75 Å². The minimum Gasteiger partial charge on any atom is -0.497 e. The standard InChI is InChI=1S/C17H18ClNO3/c1-3-22-17(20)16(12-5-4-6-13(18)11-12)19-14-7-9-15(21-2)10-8-14/h4-11,16,19H,3H2,1-2H3/t16-/m0/s1. The smallest absolute Gasteiger partial charge is 0.333 e. The van der Waals surface area contributed by atoms with Crippen molar-refractivity contribution in [1.29, 1.82) is 0 Å². The lowest BCUT2D eigenvalue weighted by Gasteiger charge is -2.19. The molecule has 0 aliphatic heterocycles. The van der Waals surface area contributed by atoms with Crippen LogP contribution in [-0.2, 0) is 9.53 Å². The van der Waals surface area contributed by atoms with Crippen molar-refractivity contribution in [3.8, 4) is 5.75 Å². The van der Waals surface area contributed by atoms with Crippen LogP contribution in [0, 0.1) is 0 Å². The van der Waals surface area contributed by atoms with Crippen molar-refractivity contribution < 1.29 is 14.3 Å². The molecule has 4 nitrogen and oxygen atoms in total. The third-order valence-electron chi connectivity index (χ3n) is 3.11. The van der Waals surface area contributed by atoms with Crippen molar-refractivity contribution in [3.05, 3.63) is 59.1 Å². The van der Waals surface area contributed by atoms with Gasteiger partial charge >= 0.3 is 5.97 Å². The number of carbonyl (C=O) groups is 1. The molecule has 0 spiro atoms. The second-order valence-corrected chi connectivity index (χ2v) is 5.05. The predicted octanol–water partition coefficient (Wildman–Crippen LogP) is 4.06. The Morgan fingerprint density at radius 3 is 2.55 bits per heavy atom. The quantitative estimate of drug-likeness (QED) is 0.815. The first-order valence-corrected chi connectivity index (χ1v) is 7.34. The molecule has 0 fully saturated rings. The molecule has 0 unspecified atom stereocenters. The first-order chi connectivity index (χ1) is 10.6. The van der Waals surface area contributed by atoms with Crippen LogP contribution < -0.4 is 10.1 Å². The number of nitrogens with one attached hydrogen (secondary N) is 1. The van der Waals surface area contributed by atoms with Gasteiger partial charge in [-0.15, -0.1) is 0 Å². The Balaban J connectivity index is 2.25. The van der Waals surface area contributed by atoms with Crippen molar-refractivity contribution in [2.24, 2.45) is 0 Å². The molecule has 0 aromatic heterocycles. The van der Waals surface area contributed by atoms with E-state index in [9.17, 15) is 4.79 Å². The molecule has 0 aliphatic rings. The number of esters is 1. The van der Waals surface area contributed by atoms with E-state index >= 15 is 0 Å². The normalized spacial score (nSPS) is 11.6. The molecule has 0 bridgehead atoms. The highest BCUT2D eigenvalue weighted by molar-refractivity contribution is 6.30. The fourth-order valence-corrected chi connectivity index (χ4v) is 2.24. The van der Waals surface area contributed by atoms with Crippen molar-refractivity contribution in [2.75, 3.05) is 19.0 Å². The van der Waals surface area contributed by atoms with Crippen LogP contribution in [0.1, 0.15) is 18.5 Å². The molecular weight excluding hydrogens is 302 g/mol. The molecule has 22 heavy (non-hydrogen) atoms. The van der Waals surface area contributed by atoms with Crippen molar-refractivity contribution in [1.82, 2.24) is 0 Å². The van der Waals surface area contributed by atoms with Crippen molar-refractivity contribution >= 4 is 23.3 Å². The summed E-state index contributed by atoms with van der Waals surface area (Å²) < 4.78 is 10.3. The Bertz CT molecular complexity index is 628. The number of ether oxygens (including phenoxy) is 2. The van der Waals surface area contributed by atoms with Crippen LogP contribution in [0.4, 0.5) is 5.69 Å². The summed E-state index contributed by atoms with van der Waals surface area (Å²) in [6.07, 6.45) is 0. The van der Waals surface area contributed by atoms with E-state index in [1.54, 1.807) is 32.2 Å². The first-order valence-electron chi connectivity index (χ1n) is 6.96. The zero-order valence-electron chi connectivity index (χ0n) is 12.5. The van der Waals surface area contributed by atoms with Crippen molar-refractivity contribution in [3.63, 3.8) is 0 Å². The molecule has 1 N–H and O–H groups in total. The summed E-state index contributed by atoms with van der Waals surface area (Å²) in [6, 6.07) is 13.9. The molecule has 5 heteroatoms. The minimum atomic E-state index is -0.618. The van der Waals surface area contributed by atoms with Gasteiger partial charge in [-0.05, 0) is 48.9 Å². The Morgan fingerprint density at radius 1 is 1.23 bits per heavy atom. The van der Waals surface area contributed by atoms with Gasteiger partial charge in [-0.3, -0.25) is 0 Å². The first kappa shape index (κ1) is 16.2. The molecule has 1 atom stereocenters. The van der Waals surface area contributed by atoms with Gasteiger partial charge in [-0.2, -0.15) is 0 Å². The number of rotatable bonds is 6. The van der Waals surface area contributed by atoms with E-state index < -0.39 is 6.04 Å². The van der Waals surface area contributed by atoms with Crippen molar-refractivity contribution in [2.45, 2.75) is 13.0 Å². The molecule has 2 rings (SSSR count). The van der Waals surface area contributed by atoms with Crippen LogP contribution in [0.15, 0.2) is 48.5 Å². The van der Waals surface area contributed by atoms with E-state index in [-0.39, 0.29) is 5.97 Å². The second kappa shape index (κ2) is 7.71. The highest BCUT2D eigenvalue weighted by atomic mass is 35.5. The number of anilines is 1. The molecule has 0 saturated heterocycles. The Labute approximate surface area is 135 Å². The van der Waals surface area contributed by atoms with Crippen LogP contribution in [0.3, 0.4) is 0 Å². The van der Waals surface area contributed by atoms with E-state index in [1.165, 1.54) is 0 Å². The number of benzene rings is 2. The topological polar surface area (TPSA) is 47.6 Å². The number of halogens is 1. The SMILES string of the molecule is CCOC(=O)[C@@H](Nc1ccc(OC)cc1)c1cccc(Cl)c1. The summed E-state index contributed by atoms with van der Waals surface area (Å²) in [6.45, 7) is 2.10. The highest BCUT2D eigenvalue weighted by Gasteiger charge is 2.22. The lowest BCUT2D eigenvalue weighted by molar-refractivity contribution is -0.144. The Morgan fingerprint density at radius 2 is 1.95 bits per heavy atom. The molecule has 2 aromatic rings. The van der Waals surface area contributed by atoms with Crippen LogP contribution in [0.2, 0.25) is 5.02 Å². The van der Waals surface area contributed by atoms with Crippen LogP contribution in [0.25, 0.3) is 0 Å². The fraction of sp³-hybridized carbons (Fsp3) is 0.235. The van der Waals surface area contributed by atoms with E-state index in [1.807, 2.05) is 30.3 Å². The predicted molar refractivity (Wildman–Crippen MR) is 87.4 cm³/mol. The van der Waals surface area contributed by atoms with Crippen LogP contribution >= 0.6 is 11.6 Å². The summed E-state index contributed by atoms with van der Waals surface area (Å²) in [5.74, 6) is 0.404. The molecule has 0 amide bonds. The van der Waals surface area contributed by atoms with E-state index in [2.05, 4.69) is 5.32 Å². The number of carbonyl (C=O) groups excluding carboxylic acids is 1. The zero-order valence-corrected chi connectivity index (χ0v) is 13.3. The number of hydrogen-bond acceptors (Lipinski definition) is 4. The van der Waals surface area contributed by atoms with Gasteiger partial charge in [0.05, 0.1) is 13.7 Å². The maximum atomic E-state index is 12.2. The summed E-state index contributed by atoms with van der Waals surface area (Å²) in [5, 5.41) is 3.74. The van der Waals surface area contributed by atoms with Gasteiger partial charge in [0.25, 0.3) is 0 Å². The average Bonchev–Trinajstić information content (AvgIpc) is 2.53. The highest BCUT2D eigenvalue weighted by Crippen LogP contribution is 2.25.